The molecule has 7 nitrogen and oxygen atoms in total. The number of carboxylic acid groups (broad SMARTS) is 1. The quantitative estimate of drug-likeness (QED) is 0.324. The number of rotatable bonds is 7. The first-order valence-corrected chi connectivity index (χ1v) is 11.2. The number of hydrogen-bond donors (Lipinski definition) is 1. The Hall–Kier alpha value is -4.26. The summed E-state index contributed by atoms with van der Waals surface area (Å²) in [5.41, 5.74) is 5.06. The summed E-state index contributed by atoms with van der Waals surface area (Å²) in [4.78, 5) is 17.9. The van der Waals surface area contributed by atoms with Crippen molar-refractivity contribution in [2.45, 2.75) is 27.3 Å². The van der Waals surface area contributed by atoms with Crippen molar-refractivity contribution in [1.29, 1.82) is 0 Å². The molecule has 35 heavy (non-hydrogen) atoms. The van der Waals surface area contributed by atoms with Crippen molar-refractivity contribution in [2.24, 2.45) is 0 Å². The molecule has 0 atom stereocenters. The van der Waals surface area contributed by atoms with E-state index in [0.29, 0.717) is 34.2 Å². The van der Waals surface area contributed by atoms with Crippen LogP contribution in [-0.4, -0.2) is 30.4 Å². The number of pyridine rings is 1. The van der Waals surface area contributed by atoms with Gasteiger partial charge in [-0.3, -0.25) is 9.88 Å². The predicted octanol–water partition coefficient (Wildman–Crippen LogP) is 6.65. The third-order valence-electron chi connectivity index (χ3n) is 6.12. The average molecular weight is 473 g/mol. The minimum Gasteiger partial charge on any atom is -0.493 e. The number of nitrogens with zero attached hydrogens (tertiary/aromatic N) is 2. The van der Waals surface area contributed by atoms with E-state index >= 15 is 0 Å². The molecule has 0 saturated heterocycles. The topological polar surface area (TPSA) is 81.1 Å². The summed E-state index contributed by atoms with van der Waals surface area (Å²) >= 11 is 0. The first kappa shape index (κ1) is 23.9. The Morgan fingerprint density at radius 3 is 2.20 bits per heavy atom. The molecule has 0 bridgehead atoms. The molecule has 4 aromatic rings. The zero-order chi connectivity index (χ0) is 25.1. The van der Waals surface area contributed by atoms with Crippen LogP contribution in [0.1, 0.15) is 22.3 Å². The summed E-state index contributed by atoms with van der Waals surface area (Å²) in [5.74, 6) is 2.41. The molecule has 1 N–H and O–H groups in total. The lowest BCUT2D eigenvalue weighted by atomic mass is 10.0. The molecule has 4 rings (SSSR count). The van der Waals surface area contributed by atoms with Gasteiger partial charge >= 0.3 is 6.09 Å². The molecule has 3 aromatic carbocycles. The van der Waals surface area contributed by atoms with Crippen molar-refractivity contribution in [2.75, 3.05) is 19.1 Å². The van der Waals surface area contributed by atoms with Crippen LogP contribution in [-0.2, 0) is 6.54 Å². The van der Waals surface area contributed by atoms with Crippen LogP contribution in [0.4, 0.5) is 10.5 Å². The summed E-state index contributed by atoms with van der Waals surface area (Å²) < 4.78 is 17.1. The summed E-state index contributed by atoms with van der Waals surface area (Å²) in [5, 5.41) is 10.7. The number of ether oxygens (including phenoxy) is 3. The second kappa shape index (κ2) is 9.93. The van der Waals surface area contributed by atoms with Gasteiger partial charge in [0.25, 0.3) is 0 Å². The third kappa shape index (κ3) is 4.84. The molecule has 0 fully saturated rings. The molecule has 0 radical (unpaired) electrons. The van der Waals surface area contributed by atoms with E-state index in [0.717, 1.165) is 27.6 Å². The number of carbonyl (C=O) groups is 1. The van der Waals surface area contributed by atoms with E-state index in [4.69, 9.17) is 14.2 Å². The van der Waals surface area contributed by atoms with Gasteiger partial charge in [0.2, 0.25) is 0 Å². The maximum atomic E-state index is 12.1. The van der Waals surface area contributed by atoms with Crippen LogP contribution in [0.2, 0.25) is 0 Å². The van der Waals surface area contributed by atoms with Crippen LogP contribution < -0.4 is 19.1 Å². The van der Waals surface area contributed by atoms with E-state index in [-0.39, 0.29) is 6.54 Å². The van der Waals surface area contributed by atoms with Gasteiger partial charge < -0.3 is 19.3 Å². The Balaban J connectivity index is 1.69. The summed E-state index contributed by atoms with van der Waals surface area (Å²) in [6.07, 6.45) is 0.663. The normalized spacial score (nSPS) is 10.8. The van der Waals surface area contributed by atoms with Crippen molar-refractivity contribution in [3.05, 3.63) is 83.0 Å². The van der Waals surface area contributed by atoms with E-state index in [1.807, 2.05) is 51.1 Å². The van der Waals surface area contributed by atoms with Gasteiger partial charge in [-0.25, -0.2) is 4.79 Å². The second-order valence-corrected chi connectivity index (χ2v) is 8.32. The smallest absolute Gasteiger partial charge is 0.412 e. The van der Waals surface area contributed by atoms with Crippen LogP contribution in [0.25, 0.3) is 10.9 Å². The number of aromatic nitrogens is 1. The summed E-state index contributed by atoms with van der Waals surface area (Å²) in [7, 11) is 3.16. The zero-order valence-corrected chi connectivity index (χ0v) is 20.5. The van der Waals surface area contributed by atoms with Crippen LogP contribution >= 0.6 is 0 Å². The molecule has 1 heterocycles. The molecule has 0 saturated carbocycles. The highest BCUT2D eigenvalue weighted by atomic mass is 16.5. The van der Waals surface area contributed by atoms with Gasteiger partial charge in [-0.05, 0) is 61.7 Å². The van der Waals surface area contributed by atoms with Gasteiger partial charge in [0.05, 0.1) is 32.0 Å². The van der Waals surface area contributed by atoms with Crippen LogP contribution in [0.5, 0.6) is 23.0 Å². The van der Waals surface area contributed by atoms with Gasteiger partial charge in [0.1, 0.15) is 11.5 Å². The van der Waals surface area contributed by atoms with Crippen LogP contribution in [0, 0.1) is 20.8 Å². The van der Waals surface area contributed by atoms with Crippen LogP contribution in [0.15, 0.2) is 60.8 Å². The van der Waals surface area contributed by atoms with E-state index in [9.17, 15) is 9.90 Å². The number of amides is 1. The van der Waals surface area contributed by atoms with Crippen molar-refractivity contribution >= 4 is 22.7 Å². The van der Waals surface area contributed by atoms with Gasteiger partial charge in [-0.1, -0.05) is 29.8 Å². The molecule has 1 aromatic heterocycles. The molecular formula is C28H28N2O5. The molecule has 7 heteroatoms. The number of hydrogen-bond acceptors (Lipinski definition) is 5. The Labute approximate surface area is 204 Å². The minimum atomic E-state index is -1.01. The fourth-order valence-electron chi connectivity index (χ4n) is 3.97. The molecule has 1 amide bonds. The number of methoxy groups -OCH3 is 2. The molecule has 0 aliphatic rings. The lowest BCUT2D eigenvalue weighted by molar-refractivity contribution is 0.201. The monoisotopic (exact) mass is 472 g/mol. The fourth-order valence-corrected chi connectivity index (χ4v) is 3.97. The Kier molecular flexibility index (Phi) is 6.78. The van der Waals surface area contributed by atoms with Crippen molar-refractivity contribution in [3.8, 4) is 23.0 Å². The lowest BCUT2D eigenvalue weighted by Gasteiger charge is -2.24. The van der Waals surface area contributed by atoms with Gasteiger partial charge in [0, 0.05) is 17.6 Å². The van der Waals surface area contributed by atoms with E-state index in [1.165, 1.54) is 4.90 Å². The highest BCUT2D eigenvalue weighted by molar-refractivity contribution is 5.89. The lowest BCUT2D eigenvalue weighted by Crippen LogP contribution is -2.29. The van der Waals surface area contributed by atoms with Crippen molar-refractivity contribution < 1.29 is 24.1 Å². The molecule has 0 aliphatic heterocycles. The van der Waals surface area contributed by atoms with Gasteiger partial charge in [0.15, 0.2) is 11.5 Å². The first-order valence-electron chi connectivity index (χ1n) is 11.2. The SMILES string of the molecule is COc1cc2nccc(Oc3ccc(N(Cc4ccc(C)cc4)C(=O)O)c(C)c3C)c2cc1OC. The molecule has 0 unspecified atom stereocenters. The fraction of sp³-hybridized carbons (Fsp3) is 0.214. The van der Waals surface area contributed by atoms with Crippen molar-refractivity contribution in [1.82, 2.24) is 4.98 Å². The molecule has 180 valence electrons. The maximum Gasteiger partial charge on any atom is 0.412 e. The van der Waals surface area contributed by atoms with E-state index in [2.05, 4.69) is 4.98 Å². The first-order chi connectivity index (χ1) is 16.8. The average Bonchev–Trinajstić information content (AvgIpc) is 2.86. The maximum absolute atomic E-state index is 12.1. The number of fused-ring (bicyclic) bond motifs is 1. The van der Waals surface area contributed by atoms with E-state index in [1.54, 1.807) is 44.7 Å². The molecular weight excluding hydrogens is 444 g/mol. The second-order valence-electron chi connectivity index (χ2n) is 8.32. The molecule has 0 spiro atoms. The number of benzene rings is 3. The minimum absolute atomic E-state index is 0.257. The largest absolute Gasteiger partial charge is 0.493 e. The highest BCUT2D eigenvalue weighted by Crippen LogP contribution is 2.39. The van der Waals surface area contributed by atoms with Gasteiger partial charge in [-0.15, -0.1) is 0 Å². The summed E-state index contributed by atoms with van der Waals surface area (Å²) in [6, 6.07) is 16.9. The Morgan fingerprint density at radius 1 is 0.857 bits per heavy atom. The number of anilines is 1. The zero-order valence-electron chi connectivity index (χ0n) is 20.5. The molecule has 0 aliphatic carbocycles. The van der Waals surface area contributed by atoms with Gasteiger partial charge in [-0.2, -0.15) is 0 Å². The van der Waals surface area contributed by atoms with E-state index < -0.39 is 6.09 Å². The highest BCUT2D eigenvalue weighted by Gasteiger charge is 2.20. The third-order valence-corrected chi connectivity index (χ3v) is 6.12. The predicted molar refractivity (Wildman–Crippen MR) is 136 cm³/mol. The Bertz CT molecular complexity index is 1380. The standard InChI is InChI=1S/C28H28N2O5/c1-17-6-8-20(9-7-17)16-30(28(31)32)23-10-11-24(19(3)18(23)2)35-25-12-13-29-22-15-27(34-5)26(33-4)14-21(22)25/h6-15H,16H2,1-5H3,(H,31,32). The van der Waals surface area contributed by atoms with Crippen LogP contribution in [0.3, 0.4) is 0 Å². The summed E-state index contributed by atoms with van der Waals surface area (Å²) in [6.45, 7) is 6.09. The number of aryl methyl sites for hydroxylation is 1. The Morgan fingerprint density at radius 2 is 1.54 bits per heavy atom. The van der Waals surface area contributed by atoms with Crippen molar-refractivity contribution in [3.63, 3.8) is 0 Å².